The number of aliphatic hydroxyl groups excluding tert-OH is 4. The fraction of sp³-hybridized carbons (Fsp3) is 0.905. The van der Waals surface area contributed by atoms with Crippen molar-refractivity contribution in [2.24, 2.45) is 0 Å². The predicted octanol–water partition coefficient (Wildman–Crippen LogP) is 8.01. The Kier molecular flexibility index (Phi) is 32.3. The van der Waals surface area contributed by atoms with Crippen LogP contribution in [0.2, 0.25) is 0 Å². The molecular weight excluding hydrogens is 822 g/mol. The van der Waals surface area contributed by atoms with E-state index in [-0.39, 0.29) is 12.8 Å². The van der Waals surface area contributed by atoms with Gasteiger partial charge in [0.05, 0.1) is 6.61 Å². The Morgan fingerprint density at radius 3 is 1.37 bits per heavy atom. The van der Waals surface area contributed by atoms with Crippen molar-refractivity contribution in [2.45, 2.75) is 230 Å². The van der Waals surface area contributed by atoms with Crippen LogP contribution in [-0.4, -0.2) is 103 Å². The summed E-state index contributed by atoms with van der Waals surface area (Å²) in [6.45, 7) is 3.09. The highest BCUT2D eigenvalue weighted by atomic mass is 31.2. The number of phosphoric acid groups is 2. The zero-order valence-corrected chi connectivity index (χ0v) is 38.2. The number of hydrogen-bond acceptors (Lipinski definition) is 13. The number of hydrogen-bond donors (Lipinski definition) is 7. The highest BCUT2D eigenvalue weighted by Crippen LogP contribution is 2.49. The minimum atomic E-state index is -5.36. The molecule has 0 saturated heterocycles. The summed E-state index contributed by atoms with van der Waals surface area (Å²) in [5, 5.41) is 41.2. The van der Waals surface area contributed by atoms with Crippen molar-refractivity contribution in [1.82, 2.24) is 0 Å². The molecular formula is C42H80O16P2. The Morgan fingerprint density at radius 1 is 0.517 bits per heavy atom. The van der Waals surface area contributed by atoms with Gasteiger partial charge in [0.1, 0.15) is 43.2 Å². The third-order valence-electron chi connectivity index (χ3n) is 10.6. The summed E-state index contributed by atoms with van der Waals surface area (Å²) < 4.78 is 49.3. The first-order chi connectivity index (χ1) is 28.6. The van der Waals surface area contributed by atoms with Crippen molar-refractivity contribution >= 4 is 27.6 Å². The van der Waals surface area contributed by atoms with E-state index < -0.39 is 83.5 Å². The average molecular weight is 903 g/mol. The molecule has 8 atom stereocenters. The number of phosphoric ester groups is 2. The second kappa shape index (κ2) is 34.2. The van der Waals surface area contributed by atoms with Crippen LogP contribution in [-0.2, 0) is 41.8 Å². The molecule has 16 nitrogen and oxygen atoms in total. The minimum absolute atomic E-state index is 0.0380. The van der Waals surface area contributed by atoms with Gasteiger partial charge in [-0.25, -0.2) is 9.13 Å². The third kappa shape index (κ3) is 28.4. The van der Waals surface area contributed by atoms with E-state index in [0.29, 0.717) is 12.8 Å². The molecule has 0 heterocycles. The Balaban J connectivity index is 2.62. The van der Waals surface area contributed by atoms with Gasteiger partial charge in [-0.2, -0.15) is 0 Å². The van der Waals surface area contributed by atoms with E-state index in [2.05, 4.69) is 30.5 Å². The van der Waals surface area contributed by atoms with Gasteiger partial charge in [0.2, 0.25) is 0 Å². The van der Waals surface area contributed by atoms with Gasteiger partial charge in [-0.3, -0.25) is 23.2 Å². The molecule has 60 heavy (non-hydrogen) atoms. The van der Waals surface area contributed by atoms with Crippen molar-refractivity contribution in [3.05, 3.63) is 12.2 Å². The monoisotopic (exact) mass is 902 g/mol. The summed E-state index contributed by atoms with van der Waals surface area (Å²) in [5.41, 5.74) is 0. The quantitative estimate of drug-likeness (QED) is 0.0134. The molecule has 7 N–H and O–H groups in total. The summed E-state index contributed by atoms with van der Waals surface area (Å²) >= 11 is 0. The largest absolute Gasteiger partial charge is 0.472 e. The standard InChI is InChI=1S/C42H80O16P2/c1-3-5-7-9-11-13-15-17-19-21-23-25-27-29-31-36(44)56-34(32-54-35(43)30-28-26-24-22-20-18-16-14-12-10-8-6-4-2)33-55-60(52,53)58-42-39(47)37(45)38(46)41(40(42)48)57-59(49,50)51/h15,17,34,37-42,45-48H,3-14,16,18-33H2,1-2H3,(H,52,53)(H2,49,50,51)/b17-15-/t34-,37-,38?,39?,40?,41?,42-/m1/s1. The number of ether oxygens (including phenoxy) is 2. The Morgan fingerprint density at radius 2 is 0.917 bits per heavy atom. The predicted molar refractivity (Wildman–Crippen MR) is 228 cm³/mol. The summed E-state index contributed by atoms with van der Waals surface area (Å²) in [5.74, 6) is -1.21. The van der Waals surface area contributed by atoms with Crippen LogP contribution in [0.5, 0.6) is 0 Å². The molecule has 0 aliphatic heterocycles. The first-order valence-corrected chi connectivity index (χ1v) is 25.8. The van der Waals surface area contributed by atoms with Gasteiger partial charge < -0.3 is 44.6 Å². The summed E-state index contributed by atoms with van der Waals surface area (Å²) in [6, 6.07) is 0. The number of carbonyl (C=O) groups excluding carboxylic acids is 2. The molecule has 0 radical (unpaired) electrons. The number of carbonyl (C=O) groups is 2. The average Bonchev–Trinajstić information content (AvgIpc) is 3.20. The van der Waals surface area contributed by atoms with Crippen molar-refractivity contribution in [3.8, 4) is 0 Å². The van der Waals surface area contributed by atoms with Gasteiger partial charge in [-0.15, -0.1) is 0 Å². The first kappa shape index (κ1) is 56.8. The van der Waals surface area contributed by atoms with Crippen LogP contribution in [0.3, 0.4) is 0 Å². The van der Waals surface area contributed by atoms with E-state index in [4.69, 9.17) is 28.3 Å². The molecule has 1 aliphatic rings. The molecule has 354 valence electrons. The van der Waals surface area contributed by atoms with Crippen LogP contribution < -0.4 is 0 Å². The van der Waals surface area contributed by atoms with E-state index >= 15 is 0 Å². The van der Waals surface area contributed by atoms with Gasteiger partial charge in [0.15, 0.2) is 6.10 Å². The molecule has 5 unspecified atom stereocenters. The fourth-order valence-corrected chi connectivity index (χ4v) is 8.56. The van der Waals surface area contributed by atoms with E-state index in [1.54, 1.807) is 0 Å². The van der Waals surface area contributed by atoms with Crippen LogP contribution >= 0.6 is 15.6 Å². The Hall–Kier alpha value is -1.26. The van der Waals surface area contributed by atoms with Crippen molar-refractivity contribution < 1.29 is 76.9 Å². The number of allylic oxidation sites excluding steroid dienone is 2. The van der Waals surface area contributed by atoms with Gasteiger partial charge in [0.25, 0.3) is 0 Å². The normalized spacial score (nSPS) is 22.5. The summed E-state index contributed by atoms with van der Waals surface area (Å²) in [4.78, 5) is 54.1. The molecule has 0 spiro atoms. The molecule has 0 aromatic heterocycles. The maximum absolute atomic E-state index is 12.9. The van der Waals surface area contributed by atoms with Crippen LogP contribution in [0, 0.1) is 0 Å². The van der Waals surface area contributed by atoms with Crippen molar-refractivity contribution in [2.75, 3.05) is 13.2 Å². The number of esters is 2. The smallest absolute Gasteiger partial charge is 0.462 e. The maximum Gasteiger partial charge on any atom is 0.472 e. The minimum Gasteiger partial charge on any atom is -0.462 e. The van der Waals surface area contributed by atoms with Crippen LogP contribution in [0.4, 0.5) is 0 Å². The molecule has 0 aromatic rings. The zero-order chi connectivity index (χ0) is 44.7. The maximum atomic E-state index is 12.9. The van der Waals surface area contributed by atoms with Gasteiger partial charge in [-0.05, 0) is 38.5 Å². The second-order valence-electron chi connectivity index (χ2n) is 16.1. The molecule has 1 rings (SSSR count). The van der Waals surface area contributed by atoms with Crippen LogP contribution in [0.15, 0.2) is 12.2 Å². The van der Waals surface area contributed by atoms with E-state index in [9.17, 15) is 44.0 Å². The molecule has 0 bridgehead atoms. The van der Waals surface area contributed by atoms with Gasteiger partial charge in [-0.1, -0.05) is 148 Å². The van der Waals surface area contributed by atoms with Crippen LogP contribution in [0.25, 0.3) is 0 Å². The van der Waals surface area contributed by atoms with Gasteiger partial charge in [0, 0.05) is 12.8 Å². The molecule has 18 heteroatoms. The summed E-state index contributed by atoms with van der Waals surface area (Å²) in [6.07, 6.45) is 17.5. The van der Waals surface area contributed by atoms with E-state index in [0.717, 1.165) is 64.2 Å². The lowest BCUT2D eigenvalue weighted by atomic mass is 9.85. The molecule has 0 amide bonds. The lowest BCUT2D eigenvalue weighted by Gasteiger charge is -2.43. The lowest BCUT2D eigenvalue weighted by Crippen LogP contribution is -2.64. The number of unbranched alkanes of at least 4 members (excludes halogenated alkanes) is 22. The Labute approximate surface area is 359 Å². The Bertz CT molecular complexity index is 1230. The third-order valence-corrected chi connectivity index (χ3v) is 12.1. The van der Waals surface area contributed by atoms with E-state index in [1.807, 2.05) is 0 Å². The SMILES string of the molecule is CCCCCCC/C=C\CCCCCCCC(=O)O[C@H](COC(=O)CCCCCCCCCCCCCCC)COP(=O)(O)O[C@H]1C(O)C(OP(=O)(O)O)C(O)[C@@H](O)C1O. The van der Waals surface area contributed by atoms with Crippen molar-refractivity contribution in [1.29, 1.82) is 0 Å². The van der Waals surface area contributed by atoms with Crippen molar-refractivity contribution in [3.63, 3.8) is 0 Å². The van der Waals surface area contributed by atoms with E-state index in [1.165, 1.54) is 83.5 Å². The fourth-order valence-electron chi connectivity index (χ4n) is 7.02. The van der Waals surface area contributed by atoms with Crippen LogP contribution in [0.1, 0.15) is 187 Å². The topological polar surface area (TPSA) is 256 Å². The first-order valence-electron chi connectivity index (χ1n) is 22.7. The summed E-state index contributed by atoms with van der Waals surface area (Å²) in [7, 11) is -10.7. The molecule has 1 saturated carbocycles. The molecule has 0 aromatic carbocycles. The zero-order valence-electron chi connectivity index (χ0n) is 36.4. The molecule has 1 fully saturated rings. The van der Waals surface area contributed by atoms with Gasteiger partial charge >= 0.3 is 27.6 Å². The molecule has 1 aliphatic carbocycles. The lowest BCUT2D eigenvalue weighted by molar-refractivity contribution is -0.216. The highest BCUT2D eigenvalue weighted by Gasteiger charge is 2.54. The number of aliphatic hydroxyl groups is 4. The second-order valence-corrected chi connectivity index (χ2v) is 18.7. The number of rotatable bonds is 38. The highest BCUT2D eigenvalue weighted by molar-refractivity contribution is 7.47.